The first-order valence-electron chi connectivity index (χ1n) is 8.45. The van der Waals surface area contributed by atoms with Gasteiger partial charge in [0.25, 0.3) is 0 Å². The molecule has 146 valence electrons. The van der Waals surface area contributed by atoms with E-state index < -0.39 is 11.7 Å². The Hall–Kier alpha value is -1.99. The van der Waals surface area contributed by atoms with Gasteiger partial charge in [-0.05, 0) is 62.4 Å². The maximum atomic E-state index is 13.0. The number of aryl methyl sites for hydroxylation is 1. The molecule has 0 unspecified atom stereocenters. The molecule has 0 N–H and O–H groups in total. The molecule has 28 heavy (non-hydrogen) atoms. The average molecular weight is 468 g/mol. The van der Waals surface area contributed by atoms with E-state index in [2.05, 4.69) is 15.9 Å². The van der Waals surface area contributed by atoms with E-state index in [4.69, 9.17) is 0 Å². The summed E-state index contributed by atoms with van der Waals surface area (Å²) in [5, 5.41) is 0. The third-order valence-electron chi connectivity index (χ3n) is 4.35. The van der Waals surface area contributed by atoms with Crippen molar-refractivity contribution >= 4 is 33.5 Å². The fourth-order valence-corrected chi connectivity index (χ4v) is 4.07. The van der Waals surface area contributed by atoms with Gasteiger partial charge >= 0.3 is 6.18 Å². The molecule has 0 atom stereocenters. The van der Waals surface area contributed by atoms with E-state index in [0.29, 0.717) is 22.6 Å². The molecule has 0 saturated carbocycles. The number of aromatic nitrogens is 1. The third-order valence-corrected chi connectivity index (χ3v) is 5.89. The number of ketones is 1. The van der Waals surface area contributed by atoms with Crippen LogP contribution in [0.4, 0.5) is 13.2 Å². The standard InChI is InChI=1S/C21H17BrF3NOS/c1-13-10-19(20(27)12-28-18-8-6-16(22)7-9-18)14(2)26(13)17-5-3-4-15(11-17)21(23,24)25/h3-11H,12H2,1-2H3. The summed E-state index contributed by atoms with van der Waals surface area (Å²) in [4.78, 5) is 13.7. The molecule has 1 heterocycles. The third kappa shape index (κ3) is 4.52. The van der Waals surface area contributed by atoms with Crippen molar-refractivity contribution in [1.29, 1.82) is 0 Å². The normalized spacial score (nSPS) is 11.6. The number of benzene rings is 2. The van der Waals surface area contributed by atoms with E-state index in [1.807, 2.05) is 24.3 Å². The summed E-state index contributed by atoms with van der Waals surface area (Å²) in [6.07, 6.45) is -4.41. The minimum absolute atomic E-state index is 0.0563. The Labute approximate surface area is 173 Å². The highest BCUT2D eigenvalue weighted by Gasteiger charge is 2.30. The first-order valence-corrected chi connectivity index (χ1v) is 10.2. The maximum Gasteiger partial charge on any atom is 0.416 e. The molecule has 0 aliphatic carbocycles. The molecule has 0 bridgehead atoms. The number of halogens is 4. The van der Waals surface area contributed by atoms with E-state index in [0.717, 1.165) is 21.5 Å². The van der Waals surface area contributed by atoms with E-state index >= 15 is 0 Å². The summed E-state index contributed by atoms with van der Waals surface area (Å²) < 4.78 is 41.8. The Balaban J connectivity index is 1.85. The Morgan fingerprint density at radius 1 is 1.07 bits per heavy atom. The van der Waals surface area contributed by atoms with Gasteiger partial charge in [0, 0.05) is 32.0 Å². The summed E-state index contributed by atoms with van der Waals surface area (Å²) in [7, 11) is 0. The van der Waals surface area contributed by atoms with Gasteiger partial charge in [-0.2, -0.15) is 13.2 Å². The lowest BCUT2D eigenvalue weighted by Crippen LogP contribution is -2.08. The SMILES string of the molecule is Cc1cc(C(=O)CSc2ccc(Br)cc2)c(C)n1-c1cccc(C(F)(F)F)c1. The van der Waals surface area contributed by atoms with Crippen LogP contribution in [0.1, 0.15) is 27.3 Å². The topological polar surface area (TPSA) is 22.0 Å². The van der Waals surface area contributed by atoms with E-state index in [1.165, 1.54) is 17.8 Å². The summed E-state index contributed by atoms with van der Waals surface area (Å²) in [6.45, 7) is 3.54. The zero-order valence-corrected chi connectivity index (χ0v) is 17.6. The molecule has 0 saturated heterocycles. The smallest absolute Gasteiger partial charge is 0.318 e. The van der Waals surface area contributed by atoms with Crippen LogP contribution in [-0.4, -0.2) is 16.1 Å². The van der Waals surface area contributed by atoms with Crippen LogP contribution in [0, 0.1) is 13.8 Å². The Morgan fingerprint density at radius 3 is 2.39 bits per heavy atom. The summed E-state index contributed by atoms with van der Waals surface area (Å²) in [6, 6.07) is 14.5. The summed E-state index contributed by atoms with van der Waals surface area (Å²) >= 11 is 4.80. The first kappa shape index (κ1) is 20.7. The number of thioether (sulfide) groups is 1. The van der Waals surface area contributed by atoms with Crippen LogP contribution < -0.4 is 0 Å². The molecule has 7 heteroatoms. The number of rotatable bonds is 5. The predicted octanol–water partition coefficient (Wildman–Crippen LogP) is 6.85. The van der Waals surface area contributed by atoms with Crippen LogP contribution in [0.15, 0.2) is 64.0 Å². The van der Waals surface area contributed by atoms with E-state index in [1.54, 1.807) is 30.5 Å². The van der Waals surface area contributed by atoms with Crippen LogP contribution in [0.3, 0.4) is 0 Å². The van der Waals surface area contributed by atoms with Crippen molar-refractivity contribution < 1.29 is 18.0 Å². The molecule has 0 aliphatic heterocycles. The number of hydrogen-bond acceptors (Lipinski definition) is 2. The fraction of sp³-hybridized carbons (Fsp3) is 0.190. The molecular formula is C21H17BrF3NOS. The van der Waals surface area contributed by atoms with E-state index in [-0.39, 0.29) is 11.5 Å². The molecule has 0 aliphatic rings. The number of alkyl halides is 3. The lowest BCUT2D eigenvalue weighted by molar-refractivity contribution is -0.137. The van der Waals surface area contributed by atoms with Gasteiger partial charge in [0.05, 0.1) is 11.3 Å². The minimum atomic E-state index is -4.41. The van der Waals surface area contributed by atoms with Gasteiger partial charge in [0.1, 0.15) is 0 Å². The fourth-order valence-electron chi connectivity index (χ4n) is 3.02. The van der Waals surface area contributed by atoms with Crippen LogP contribution in [0.25, 0.3) is 5.69 Å². The molecule has 2 nitrogen and oxygen atoms in total. The lowest BCUT2D eigenvalue weighted by Gasteiger charge is -2.13. The molecule has 3 rings (SSSR count). The zero-order valence-electron chi connectivity index (χ0n) is 15.2. The highest BCUT2D eigenvalue weighted by Crippen LogP contribution is 2.32. The second-order valence-electron chi connectivity index (χ2n) is 6.33. The Morgan fingerprint density at radius 2 is 1.75 bits per heavy atom. The summed E-state index contributed by atoms with van der Waals surface area (Å²) in [5.41, 5.74) is 1.56. The van der Waals surface area contributed by atoms with Crippen molar-refractivity contribution in [2.75, 3.05) is 5.75 Å². The number of Topliss-reactive ketones (excluding diaryl/α,β-unsaturated/α-hetero) is 1. The maximum absolute atomic E-state index is 13.0. The molecule has 0 amide bonds. The number of carbonyl (C=O) groups excluding carboxylic acids is 1. The van der Waals surface area contributed by atoms with Crippen LogP contribution in [-0.2, 0) is 6.18 Å². The average Bonchev–Trinajstić information content (AvgIpc) is 2.95. The monoisotopic (exact) mass is 467 g/mol. The van der Waals surface area contributed by atoms with Gasteiger partial charge < -0.3 is 4.57 Å². The molecule has 2 aromatic carbocycles. The minimum Gasteiger partial charge on any atom is -0.318 e. The second kappa shape index (κ2) is 8.17. The number of nitrogens with zero attached hydrogens (tertiary/aromatic N) is 1. The van der Waals surface area contributed by atoms with Gasteiger partial charge in [-0.15, -0.1) is 11.8 Å². The highest BCUT2D eigenvalue weighted by molar-refractivity contribution is 9.10. The quantitative estimate of drug-likeness (QED) is 0.302. The number of hydrogen-bond donors (Lipinski definition) is 0. The van der Waals surface area contributed by atoms with Crippen LogP contribution in [0.5, 0.6) is 0 Å². The van der Waals surface area contributed by atoms with Crippen LogP contribution in [0.2, 0.25) is 0 Å². The van der Waals surface area contributed by atoms with Crippen molar-refractivity contribution in [2.45, 2.75) is 24.9 Å². The van der Waals surface area contributed by atoms with Gasteiger partial charge in [-0.3, -0.25) is 4.79 Å². The highest BCUT2D eigenvalue weighted by atomic mass is 79.9. The van der Waals surface area contributed by atoms with Crippen molar-refractivity contribution in [3.8, 4) is 5.69 Å². The van der Waals surface area contributed by atoms with E-state index in [9.17, 15) is 18.0 Å². The second-order valence-corrected chi connectivity index (χ2v) is 8.30. The lowest BCUT2D eigenvalue weighted by atomic mass is 10.1. The van der Waals surface area contributed by atoms with Gasteiger partial charge in [-0.25, -0.2) is 0 Å². The molecule has 0 fully saturated rings. The van der Waals surface area contributed by atoms with Crippen molar-refractivity contribution in [3.63, 3.8) is 0 Å². The van der Waals surface area contributed by atoms with Crippen LogP contribution >= 0.6 is 27.7 Å². The van der Waals surface area contributed by atoms with Gasteiger partial charge in [-0.1, -0.05) is 22.0 Å². The molecule has 0 radical (unpaired) electrons. The zero-order chi connectivity index (χ0) is 20.5. The van der Waals surface area contributed by atoms with Crippen molar-refractivity contribution in [3.05, 3.63) is 81.6 Å². The van der Waals surface area contributed by atoms with Crippen molar-refractivity contribution in [2.24, 2.45) is 0 Å². The van der Waals surface area contributed by atoms with Gasteiger partial charge in [0.15, 0.2) is 5.78 Å². The molecular weight excluding hydrogens is 451 g/mol. The molecule has 1 aromatic heterocycles. The first-order chi connectivity index (χ1) is 13.2. The van der Waals surface area contributed by atoms with Crippen molar-refractivity contribution in [1.82, 2.24) is 4.57 Å². The van der Waals surface area contributed by atoms with Gasteiger partial charge in [0.2, 0.25) is 0 Å². The predicted molar refractivity (Wildman–Crippen MR) is 109 cm³/mol. The largest absolute Gasteiger partial charge is 0.416 e. The molecule has 3 aromatic rings. The molecule has 0 spiro atoms. The summed E-state index contributed by atoms with van der Waals surface area (Å²) in [5.74, 6) is 0.202. The Kier molecular flexibility index (Phi) is 6.05. The number of carbonyl (C=O) groups is 1. The Bertz CT molecular complexity index is 1010.